The Kier molecular flexibility index (Phi) is 4.06. The largest absolute Gasteiger partial charge is 0.433 e. The first-order valence-electron chi connectivity index (χ1n) is 5.71. The number of alkyl halides is 3. The van der Waals surface area contributed by atoms with Crippen molar-refractivity contribution in [2.75, 3.05) is 10.6 Å². The van der Waals surface area contributed by atoms with Gasteiger partial charge in [0.05, 0.1) is 0 Å². The zero-order valence-electron chi connectivity index (χ0n) is 10.4. The Hall–Kier alpha value is -2.64. The molecule has 1 aromatic carbocycles. The molecule has 8 heteroatoms. The molecular weight excluding hydrogens is 290 g/mol. The molecule has 0 aliphatic carbocycles. The van der Waals surface area contributed by atoms with Gasteiger partial charge in [-0.05, 0) is 30.3 Å². The first kappa shape index (κ1) is 14.8. The van der Waals surface area contributed by atoms with Gasteiger partial charge in [-0.1, -0.05) is 6.07 Å². The molecule has 0 aliphatic rings. The van der Waals surface area contributed by atoms with Gasteiger partial charge in [-0.3, -0.25) is 4.98 Å². The lowest BCUT2D eigenvalue weighted by molar-refractivity contribution is -0.141. The molecular formula is C13H9F4N3O. The Morgan fingerprint density at radius 2 is 1.71 bits per heavy atom. The molecule has 4 nitrogen and oxygen atoms in total. The van der Waals surface area contributed by atoms with E-state index in [2.05, 4.69) is 15.6 Å². The second-order valence-corrected chi connectivity index (χ2v) is 4.02. The van der Waals surface area contributed by atoms with Crippen LogP contribution in [-0.4, -0.2) is 11.0 Å². The van der Waals surface area contributed by atoms with Gasteiger partial charge in [0.2, 0.25) is 0 Å². The van der Waals surface area contributed by atoms with Crippen molar-refractivity contribution in [3.05, 3.63) is 54.1 Å². The van der Waals surface area contributed by atoms with Crippen LogP contribution in [-0.2, 0) is 6.18 Å². The summed E-state index contributed by atoms with van der Waals surface area (Å²) < 4.78 is 50.3. The van der Waals surface area contributed by atoms with E-state index in [1.54, 1.807) is 0 Å². The number of rotatable bonds is 2. The highest BCUT2D eigenvalue weighted by atomic mass is 19.4. The van der Waals surface area contributed by atoms with Crippen molar-refractivity contribution in [1.82, 2.24) is 4.98 Å². The lowest BCUT2D eigenvalue weighted by Crippen LogP contribution is -2.20. The van der Waals surface area contributed by atoms with Crippen molar-refractivity contribution in [2.24, 2.45) is 0 Å². The predicted octanol–water partition coefficient (Wildman–Crippen LogP) is 3.88. The van der Waals surface area contributed by atoms with E-state index >= 15 is 0 Å². The summed E-state index contributed by atoms with van der Waals surface area (Å²) in [5, 5.41) is 4.51. The Bertz CT molecular complexity index is 658. The molecule has 0 unspecified atom stereocenters. The minimum Gasteiger partial charge on any atom is -0.308 e. The van der Waals surface area contributed by atoms with E-state index in [1.165, 1.54) is 24.3 Å². The van der Waals surface area contributed by atoms with Gasteiger partial charge in [0.15, 0.2) is 0 Å². The number of carbonyl (C=O) groups is 1. The molecule has 0 aliphatic heterocycles. The minimum absolute atomic E-state index is 0.0776. The van der Waals surface area contributed by atoms with Gasteiger partial charge in [-0.15, -0.1) is 0 Å². The second-order valence-electron chi connectivity index (χ2n) is 4.02. The van der Waals surface area contributed by atoms with Crippen LogP contribution in [0.3, 0.4) is 0 Å². The van der Waals surface area contributed by atoms with Crippen LogP contribution in [0.2, 0.25) is 0 Å². The third-order valence-corrected chi connectivity index (χ3v) is 2.39. The zero-order chi connectivity index (χ0) is 15.5. The van der Waals surface area contributed by atoms with Crippen molar-refractivity contribution in [3.8, 4) is 0 Å². The number of hydrogen-bond acceptors (Lipinski definition) is 2. The van der Waals surface area contributed by atoms with E-state index in [-0.39, 0.29) is 11.4 Å². The van der Waals surface area contributed by atoms with Crippen molar-refractivity contribution < 1.29 is 22.4 Å². The van der Waals surface area contributed by atoms with E-state index in [9.17, 15) is 22.4 Å². The summed E-state index contributed by atoms with van der Waals surface area (Å²) in [6.45, 7) is 0. The van der Waals surface area contributed by atoms with Crippen molar-refractivity contribution in [3.63, 3.8) is 0 Å². The highest BCUT2D eigenvalue weighted by Gasteiger charge is 2.32. The van der Waals surface area contributed by atoms with Crippen LogP contribution >= 0.6 is 0 Å². The van der Waals surface area contributed by atoms with E-state index in [0.29, 0.717) is 6.07 Å². The number of nitrogens with one attached hydrogen (secondary N) is 2. The molecule has 0 bridgehead atoms. The lowest BCUT2D eigenvalue weighted by atomic mass is 10.3. The molecule has 1 aromatic heterocycles. The Morgan fingerprint density at radius 3 is 2.33 bits per heavy atom. The zero-order valence-corrected chi connectivity index (χ0v) is 10.4. The van der Waals surface area contributed by atoms with Gasteiger partial charge in [0.25, 0.3) is 0 Å². The Labute approximate surface area is 116 Å². The molecule has 2 N–H and O–H groups in total. The highest BCUT2D eigenvalue weighted by molar-refractivity contribution is 5.99. The fourth-order valence-electron chi connectivity index (χ4n) is 1.52. The molecule has 0 radical (unpaired) electrons. The normalized spacial score (nSPS) is 11.0. The van der Waals surface area contributed by atoms with E-state index in [4.69, 9.17) is 0 Å². The summed E-state index contributed by atoms with van der Waals surface area (Å²) in [5.41, 5.74) is -1.02. The molecule has 0 atom stereocenters. The average Bonchev–Trinajstić information content (AvgIpc) is 2.37. The topological polar surface area (TPSA) is 54.0 Å². The number of pyridine rings is 1. The standard InChI is InChI=1S/C13H9F4N3O/c14-8-2-1-3-9(6-8)19-12(21)20-10-4-5-18-11(7-10)13(15,16)17/h1-7H,(H2,18,19,20,21). The van der Waals surface area contributed by atoms with Crippen LogP contribution in [0, 0.1) is 5.82 Å². The summed E-state index contributed by atoms with van der Waals surface area (Å²) >= 11 is 0. The van der Waals surface area contributed by atoms with E-state index in [0.717, 1.165) is 12.3 Å². The number of halogens is 4. The van der Waals surface area contributed by atoms with Crippen LogP contribution in [0.4, 0.5) is 33.7 Å². The maximum Gasteiger partial charge on any atom is 0.433 e. The van der Waals surface area contributed by atoms with Gasteiger partial charge in [0, 0.05) is 17.6 Å². The fourth-order valence-corrected chi connectivity index (χ4v) is 1.52. The number of benzene rings is 1. The average molecular weight is 299 g/mol. The molecule has 2 aromatic rings. The van der Waals surface area contributed by atoms with Crippen LogP contribution in [0.5, 0.6) is 0 Å². The van der Waals surface area contributed by atoms with Crippen LogP contribution in [0.1, 0.15) is 5.69 Å². The maximum atomic E-state index is 12.9. The molecule has 21 heavy (non-hydrogen) atoms. The highest BCUT2D eigenvalue weighted by Crippen LogP contribution is 2.28. The molecule has 0 saturated heterocycles. The summed E-state index contributed by atoms with van der Waals surface area (Å²) in [5.74, 6) is -0.545. The number of carbonyl (C=O) groups excluding carboxylic acids is 1. The number of anilines is 2. The van der Waals surface area contributed by atoms with Crippen LogP contribution in [0.25, 0.3) is 0 Å². The number of hydrogen-bond donors (Lipinski definition) is 2. The Morgan fingerprint density at radius 1 is 1.05 bits per heavy atom. The SMILES string of the molecule is O=C(Nc1cccc(F)c1)Nc1ccnc(C(F)(F)F)c1. The van der Waals surface area contributed by atoms with Crippen LogP contribution < -0.4 is 10.6 Å². The molecule has 0 fully saturated rings. The van der Waals surface area contributed by atoms with Crippen LogP contribution in [0.15, 0.2) is 42.6 Å². The van der Waals surface area contributed by atoms with Gasteiger partial charge >= 0.3 is 12.2 Å². The van der Waals surface area contributed by atoms with Crippen molar-refractivity contribution in [1.29, 1.82) is 0 Å². The molecule has 0 spiro atoms. The van der Waals surface area contributed by atoms with Crippen molar-refractivity contribution in [2.45, 2.75) is 6.18 Å². The second kappa shape index (κ2) is 5.78. The third-order valence-electron chi connectivity index (χ3n) is 2.39. The molecule has 110 valence electrons. The summed E-state index contributed by atoms with van der Waals surface area (Å²) in [4.78, 5) is 14.8. The quantitative estimate of drug-likeness (QED) is 0.827. The molecule has 1 heterocycles. The number of aromatic nitrogens is 1. The minimum atomic E-state index is -4.60. The molecule has 0 saturated carbocycles. The maximum absolute atomic E-state index is 12.9. The first-order chi connectivity index (χ1) is 9.84. The van der Waals surface area contributed by atoms with Gasteiger partial charge in [-0.2, -0.15) is 13.2 Å². The summed E-state index contributed by atoms with van der Waals surface area (Å²) in [6.07, 6.45) is -3.67. The first-order valence-corrected chi connectivity index (χ1v) is 5.71. The van der Waals surface area contributed by atoms with E-state index < -0.39 is 23.7 Å². The number of amides is 2. The smallest absolute Gasteiger partial charge is 0.308 e. The molecule has 2 rings (SSSR count). The monoisotopic (exact) mass is 299 g/mol. The summed E-state index contributed by atoms with van der Waals surface area (Å²) in [6, 6.07) is 6.22. The van der Waals surface area contributed by atoms with Gasteiger partial charge in [-0.25, -0.2) is 9.18 Å². The molecule has 2 amide bonds. The fraction of sp³-hybridized carbons (Fsp3) is 0.0769. The predicted molar refractivity (Wildman–Crippen MR) is 68.3 cm³/mol. The number of nitrogens with zero attached hydrogens (tertiary/aromatic N) is 1. The Balaban J connectivity index is 2.06. The number of urea groups is 1. The van der Waals surface area contributed by atoms with Gasteiger partial charge in [0.1, 0.15) is 11.5 Å². The summed E-state index contributed by atoms with van der Waals surface area (Å²) in [7, 11) is 0. The lowest BCUT2D eigenvalue weighted by Gasteiger charge is -2.10. The van der Waals surface area contributed by atoms with E-state index in [1.807, 2.05) is 0 Å². The third kappa shape index (κ3) is 4.16. The van der Waals surface area contributed by atoms with Gasteiger partial charge < -0.3 is 10.6 Å². The van der Waals surface area contributed by atoms with Crippen molar-refractivity contribution >= 4 is 17.4 Å².